The molecule has 0 radical (unpaired) electrons. The molecule has 4 N–H and O–H groups in total. The molecule has 0 unspecified atom stereocenters. The molecule has 1 aromatic rings. The molecule has 0 bridgehead atoms. The number of guanidine groups is 1. The van der Waals surface area contributed by atoms with Crippen LogP contribution in [-0.4, -0.2) is 11.9 Å². The van der Waals surface area contributed by atoms with Gasteiger partial charge in [0.1, 0.15) is 0 Å². The van der Waals surface area contributed by atoms with Gasteiger partial charge in [-0.2, -0.15) is 4.99 Å². The predicted molar refractivity (Wildman–Crippen MR) is 66.3 cm³/mol. The van der Waals surface area contributed by atoms with Crippen molar-refractivity contribution in [3.05, 3.63) is 39.9 Å². The maximum absolute atomic E-state index is 11.1. The monoisotopic (exact) mass is 257 g/mol. The highest BCUT2D eigenvalue weighted by atomic mass is 35.5. The average molecular weight is 258 g/mol. The molecule has 0 aromatic heterocycles. The molecule has 0 aliphatic heterocycles. The fourth-order valence-electron chi connectivity index (χ4n) is 0.948. The van der Waals surface area contributed by atoms with Crippen molar-refractivity contribution in [3.8, 4) is 0 Å². The maximum atomic E-state index is 11.1. The molecule has 1 aromatic carbocycles. The number of carbonyl (C=O) groups is 1. The summed E-state index contributed by atoms with van der Waals surface area (Å²) in [6.07, 6.45) is 2.77. The van der Waals surface area contributed by atoms with Gasteiger partial charge in [0.2, 0.25) is 0 Å². The molecule has 4 nitrogen and oxygen atoms in total. The largest absolute Gasteiger partial charge is 0.370 e. The highest BCUT2D eigenvalue weighted by molar-refractivity contribution is 6.42. The number of benzene rings is 1. The van der Waals surface area contributed by atoms with Crippen LogP contribution in [0.1, 0.15) is 5.56 Å². The second kappa shape index (κ2) is 5.53. The molecule has 0 saturated carbocycles. The number of hydrogen-bond donors (Lipinski definition) is 2. The zero-order valence-corrected chi connectivity index (χ0v) is 9.66. The summed E-state index contributed by atoms with van der Waals surface area (Å²) < 4.78 is 0. The molecule has 1 rings (SSSR count). The molecule has 0 saturated heterocycles. The molecular formula is C10H9Cl2N3O. The number of aliphatic imine (C=N–C) groups is 1. The van der Waals surface area contributed by atoms with E-state index in [0.717, 1.165) is 5.56 Å². The quantitative estimate of drug-likeness (QED) is 0.482. The van der Waals surface area contributed by atoms with Crippen LogP contribution in [0.3, 0.4) is 0 Å². The lowest BCUT2D eigenvalue weighted by molar-refractivity contribution is -0.113. The molecule has 0 heterocycles. The molecule has 1 amide bonds. The summed E-state index contributed by atoms with van der Waals surface area (Å²) >= 11 is 11.5. The molecule has 0 atom stereocenters. The number of hydrogen-bond acceptors (Lipinski definition) is 1. The second-order valence-corrected chi connectivity index (χ2v) is 3.70. The van der Waals surface area contributed by atoms with E-state index in [0.29, 0.717) is 10.0 Å². The van der Waals surface area contributed by atoms with Crippen LogP contribution in [0.25, 0.3) is 6.08 Å². The highest BCUT2D eigenvalue weighted by Crippen LogP contribution is 2.23. The summed E-state index contributed by atoms with van der Waals surface area (Å²) in [5.41, 5.74) is 10.8. The summed E-state index contributed by atoms with van der Waals surface area (Å²) in [4.78, 5) is 14.4. The lowest BCUT2D eigenvalue weighted by atomic mass is 10.2. The Bertz CT molecular complexity index is 465. The van der Waals surface area contributed by atoms with Crippen molar-refractivity contribution in [2.45, 2.75) is 0 Å². The van der Waals surface area contributed by atoms with Crippen LogP contribution in [0.2, 0.25) is 10.0 Å². The minimum absolute atomic E-state index is 0.274. The first-order chi connectivity index (χ1) is 7.49. The fraction of sp³-hybridized carbons (Fsp3) is 0. The highest BCUT2D eigenvalue weighted by Gasteiger charge is 1.97. The van der Waals surface area contributed by atoms with Crippen LogP contribution < -0.4 is 11.5 Å². The van der Waals surface area contributed by atoms with Crippen LogP contribution in [-0.2, 0) is 4.79 Å². The van der Waals surface area contributed by atoms with Crippen molar-refractivity contribution in [1.82, 2.24) is 0 Å². The predicted octanol–water partition coefficient (Wildman–Crippen LogP) is 1.81. The summed E-state index contributed by atoms with van der Waals surface area (Å²) in [5, 5.41) is 0.868. The Morgan fingerprint density at radius 1 is 1.25 bits per heavy atom. The summed E-state index contributed by atoms with van der Waals surface area (Å²) in [6.45, 7) is 0. The lowest BCUT2D eigenvalue weighted by Gasteiger charge is -1.96. The van der Waals surface area contributed by atoms with E-state index in [1.807, 2.05) is 0 Å². The smallest absolute Gasteiger partial charge is 0.272 e. The number of rotatable bonds is 2. The standard InChI is InChI=1S/C10H9Cl2N3O/c11-7-3-1-6(5-8(7)12)2-4-9(16)15-10(13)14/h1-5H,(H4,13,14,15,16). The molecular weight excluding hydrogens is 249 g/mol. The van der Waals surface area contributed by atoms with E-state index in [1.54, 1.807) is 18.2 Å². The van der Waals surface area contributed by atoms with Gasteiger partial charge in [0.15, 0.2) is 5.96 Å². The van der Waals surface area contributed by atoms with E-state index in [4.69, 9.17) is 34.7 Å². The summed E-state index contributed by atoms with van der Waals surface area (Å²) in [5.74, 6) is -0.810. The van der Waals surface area contributed by atoms with Gasteiger partial charge < -0.3 is 11.5 Å². The Morgan fingerprint density at radius 2 is 1.94 bits per heavy atom. The summed E-state index contributed by atoms with van der Waals surface area (Å²) in [7, 11) is 0. The maximum Gasteiger partial charge on any atom is 0.272 e. The second-order valence-electron chi connectivity index (χ2n) is 2.88. The Morgan fingerprint density at radius 3 is 2.50 bits per heavy atom. The van der Waals surface area contributed by atoms with Gasteiger partial charge in [-0.1, -0.05) is 29.3 Å². The van der Waals surface area contributed by atoms with E-state index >= 15 is 0 Å². The van der Waals surface area contributed by atoms with Gasteiger partial charge in [0.25, 0.3) is 5.91 Å². The van der Waals surface area contributed by atoms with Crippen molar-refractivity contribution in [2.75, 3.05) is 0 Å². The number of nitrogens with zero attached hydrogens (tertiary/aromatic N) is 1. The minimum Gasteiger partial charge on any atom is -0.370 e. The third-order valence-corrected chi connectivity index (χ3v) is 2.34. The molecule has 0 fully saturated rings. The number of nitrogens with two attached hydrogens (primary N) is 2. The number of carbonyl (C=O) groups excluding carboxylic acids is 1. The van der Waals surface area contributed by atoms with Crippen molar-refractivity contribution in [3.63, 3.8) is 0 Å². The van der Waals surface area contributed by atoms with Gasteiger partial charge >= 0.3 is 0 Å². The van der Waals surface area contributed by atoms with Crippen molar-refractivity contribution in [1.29, 1.82) is 0 Å². The van der Waals surface area contributed by atoms with Gasteiger partial charge in [0.05, 0.1) is 10.0 Å². The van der Waals surface area contributed by atoms with E-state index in [-0.39, 0.29) is 5.96 Å². The fourth-order valence-corrected chi connectivity index (χ4v) is 1.25. The average Bonchev–Trinajstić information content (AvgIpc) is 2.19. The first-order valence-corrected chi connectivity index (χ1v) is 5.01. The Hall–Kier alpha value is -1.52. The SMILES string of the molecule is NC(N)=NC(=O)C=Cc1ccc(Cl)c(Cl)c1. The topological polar surface area (TPSA) is 81.5 Å². The molecule has 0 spiro atoms. The van der Waals surface area contributed by atoms with Gasteiger partial charge in [-0.05, 0) is 23.8 Å². The Kier molecular flexibility index (Phi) is 4.34. The van der Waals surface area contributed by atoms with Crippen molar-refractivity contribution in [2.24, 2.45) is 16.5 Å². The molecule has 0 aliphatic rings. The molecule has 16 heavy (non-hydrogen) atoms. The summed E-state index contributed by atoms with van der Waals surface area (Å²) in [6, 6.07) is 4.98. The third kappa shape index (κ3) is 3.92. The van der Waals surface area contributed by atoms with Gasteiger partial charge in [-0.15, -0.1) is 0 Å². The van der Waals surface area contributed by atoms with Crippen LogP contribution in [0.5, 0.6) is 0 Å². The van der Waals surface area contributed by atoms with Crippen LogP contribution in [0, 0.1) is 0 Å². The third-order valence-electron chi connectivity index (χ3n) is 1.60. The first kappa shape index (κ1) is 12.5. The normalized spacial score (nSPS) is 10.4. The van der Waals surface area contributed by atoms with Crippen LogP contribution in [0.15, 0.2) is 29.3 Å². The van der Waals surface area contributed by atoms with E-state index in [2.05, 4.69) is 4.99 Å². The first-order valence-electron chi connectivity index (χ1n) is 4.26. The molecule has 0 aliphatic carbocycles. The Labute approximate surface area is 103 Å². The number of halogens is 2. The van der Waals surface area contributed by atoms with Crippen LogP contribution >= 0.6 is 23.2 Å². The zero-order chi connectivity index (χ0) is 12.1. The van der Waals surface area contributed by atoms with E-state index in [9.17, 15) is 4.79 Å². The van der Waals surface area contributed by atoms with Gasteiger partial charge in [0, 0.05) is 6.08 Å². The Balaban J connectivity index is 2.81. The minimum atomic E-state index is -0.536. The molecule has 6 heteroatoms. The van der Waals surface area contributed by atoms with Crippen LogP contribution in [0.4, 0.5) is 0 Å². The zero-order valence-electron chi connectivity index (χ0n) is 8.15. The van der Waals surface area contributed by atoms with E-state index in [1.165, 1.54) is 12.2 Å². The van der Waals surface area contributed by atoms with Crippen molar-refractivity contribution < 1.29 is 4.79 Å². The van der Waals surface area contributed by atoms with Crippen molar-refractivity contribution >= 4 is 41.1 Å². The van der Waals surface area contributed by atoms with Gasteiger partial charge in [-0.3, -0.25) is 4.79 Å². The number of amides is 1. The lowest BCUT2D eigenvalue weighted by Crippen LogP contribution is -2.23. The van der Waals surface area contributed by atoms with E-state index < -0.39 is 5.91 Å². The van der Waals surface area contributed by atoms with Gasteiger partial charge in [-0.25, -0.2) is 0 Å². The molecule has 84 valence electrons.